The molecule has 0 aliphatic heterocycles. The van der Waals surface area contributed by atoms with Crippen LogP contribution < -0.4 is 14.8 Å². The van der Waals surface area contributed by atoms with Crippen LogP contribution in [0.2, 0.25) is 0 Å². The molecule has 0 aromatic heterocycles. The topological polar surface area (TPSA) is 40.2 Å². The number of hydrogen-bond acceptors (Lipinski definition) is 5. The van der Waals surface area contributed by atoms with Gasteiger partial charge in [-0.05, 0) is 77.1 Å². The molecule has 5 nitrogen and oxygen atoms in total. The maximum Gasteiger partial charge on any atom is 0.536 e. The van der Waals surface area contributed by atoms with Gasteiger partial charge in [0.25, 0.3) is 0 Å². The number of benzene rings is 4. The van der Waals surface area contributed by atoms with Crippen LogP contribution in [0.5, 0.6) is 5.75 Å². The fourth-order valence-electron chi connectivity index (χ4n) is 4.86. The minimum atomic E-state index is -2.84. The first kappa shape index (κ1) is 31.0. The number of nitrogens with zero attached hydrogens (tertiary/aromatic N) is 1. The monoisotopic (exact) mass is 579 g/mol. The summed E-state index contributed by atoms with van der Waals surface area (Å²) < 4.78 is 23.0. The van der Waals surface area contributed by atoms with Crippen LogP contribution in [-0.2, 0) is 19.9 Å². The maximum absolute atomic E-state index is 6.25. The van der Waals surface area contributed by atoms with E-state index in [2.05, 4.69) is 118 Å². The molecule has 0 atom stereocenters. The Kier molecular flexibility index (Phi) is 10.6. The third-order valence-corrected chi connectivity index (χ3v) is 9.91. The van der Waals surface area contributed by atoms with E-state index in [0.717, 1.165) is 38.8 Å². The van der Waals surface area contributed by atoms with Crippen LogP contribution in [-0.4, -0.2) is 44.2 Å². The van der Waals surface area contributed by atoms with Crippen molar-refractivity contribution >= 4 is 44.0 Å². The van der Waals surface area contributed by atoms with Crippen LogP contribution in [0.25, 0.3) is 24.3 Å². The zero-order chi connectivity index (χ0) is 30.1. The first-order valence-electron chi connectivity index (χ1n) is 14.0. The molecule has 0 saturated carbocycles. The van der Waals surface area contributed by atoms with E-state index in [0.29, 0.717) is 6.61 Å². The van der Waals surface area contributed by atoms with Crippen molar-refractivity contribution in [2.75, 3.05) is 40.3 Å². The Morgan fingerprint density at radius 1 is 0.595 bits per heavy atom. The van der Waals surface area contributed by atoms with Gasteiger partial charge in [-0.15, -0.1) is 0 Å². The molecule has 0 N–H and O–H groups in total. The second kappa shape index (κ2) is 14.3. The van der Waals surface area contributed by atoms with E-state index in [1.54, 1.807) is 21.3 Å². The van der Waals surface area contributed by atoms with Gasteiger partial charge in [-0.1, -0.05) is 85.0 Å². The highest BCUT2D eigenvalue weighted by Crippen LogP contribution is 2.27. The molecule has 0 amide bonds. The second-order valence-corrected chi connectivity index (χ2v) is 13.4. The molecule has 0 aliphatic carbocycles. The van der Waals surface area contributed by atoms with Crippen LogP contribution in [0.3, 0.4) is 0 Å². The summed E-state index contributed by atoms with van der Waals surface area (Å²) in [6, 6.07) is 29.5. The van der Waals surface area contributed by atoms with Gasteiger partial charge in [-0.25, -0.2) is 0 Å². The number of aryl methyl sites for hydroxylation is 2. The van der Waals surface area contributed by atoms with Gasteiger partial charge < -0.3 is 22.9 Å². The molecule has 0 fully saturated rings. The zero-order valence-electron chi connectivity index (χ0n) is 25.7. The van der Waals surface area contributed by atoms with E-state index in [-0.39, 0.29) is 0 Å². The summed E-state index contributed by atoms with van der Waals surface area (Å²) >= 11 is 0. The molecular formula is C36H41NO4Si. The number of hydrogen-bond donors (Lipinski definition) is 0. The molecule has 0 heterocycles. The average molecular weight is 580 g/mol. The summed E-state index contributed by atoms with van der Waals surface area (Å²) in [7, 11) is 6.11. The standard InChI is InChI=1S/C36H41NO4Si/c1-27-24-33(15-14-30-10-8-29(9-11-30)12-13-31-16-20-34(21-17-31)37(3)4)25-28(2)36(27)41-26-32-18-22-35(23-19-32)42(38-5,39-6)40-7/h8-25H,26H2,1-7H3/b13-12+,15-14+. The van der Waals surface area contributed by atoms with Crippen molar-refractivity contribution in [3.63, 3.8) is 0 Å². The fourth-order valence-corrected chi connectivity index (χ4v) is 6.64. The highest BCUT2D eigenvalue weighted by Gasteiger charge is 2.40. The molecule has 0 spiro atoms. The Morgan fingerprint density at radius 3 is 1.45 bits per heavy atom. The highest BCUT2D eigenvalue weighted by molar-refractivity contribution is 6.75. The molecule has 218 valence electrons. The van der Waals surface area contributed by atoms with E-state index < -0.39 is 8.80 Å². The van der Waals surface area contributed by atoms with Crippen LogP contribution in [0, 0.1) is 13.8 Å². The molecule has 4 rings (SSSR count). The third kappa shape index (κ3) is 7.66. The molecule has 4 aromatic carbocycles. The first-order chi connectivity index (χ1) is 20.3. The van der Waals surface area contributed by atoms with E-state index >= 15 is 0 Å². The van der Waals surface area contributed by atoms with Crippen molar-refractivity contribution in [1.82, 2.24) is 0 Å². The van der Waals surface area contributed by atoms with Crippen molar-refractivity contribution in [2.45, 2.75) is 20.5 Å². The molecule has 42 heavy (non-hydrogen) atoms. The van der Waals surface area contributed by atoms with Crippen molar-refractivity contribution in [2.24, 2.45) is 0 Å². The normalized spacial score (nSPS) is 11.9. The van der Waals surface area contributed by atoms with Gasteiger partial charge in [0, 0.05) is 46.3 Å². The smallest absolute Gasteiger partial charge is 0.488 e. The Labute approximate surface area is 252 Å². The lowest BCUT2D eigenvalue weighted by atomic mass is 10.0. The Bertz CT molecular complexity index is 1470. The molecule has 4 aromatic rings. The quantitative estimate of drug-likeness (QED) is 0.129. The number of anilines is 1. The molecule has 6 heteroatoms. The van der Waals surface area contributed by atoms with Crippen molar-refractivity contribution < 1.29 is 18.0 Å². The van der Waals surface area contributed by atoms with Crippen LogP contribution in [0.1, 0.15) is 38.9 Å². The van der Waals surface area contributed by atoms with Crippen molar-refractivity contribution in [3.8, 4) is 5.75 Å². The van der Waals surface area contributed by atoms with E-state index in [4.69, 9.17) is 18.0 Å². The number of ether oxygens (including phenoxy) is 1. The minimum absolute atomic E-state index is 0.473. The fraction of sp³-hybridized carbons (Fsp3) is 0.222. The zero-order valence-corrected chi connectivity index (χ0v) is 26.7. The van der Waals surface area contributed by atoms with Crippen LogP contribution >= 0.6 is 0 Å². The lowest BCUT2D eigenvalue weighted by molar-refractivity contribution is 0.140. The van der Waals surface area contributed by atoms with Crippen molar-refractivity contribution in [1.29, 1.82) is 0 Å². The molecule has 0 bridgehead atoms. The largest absolute Gasteiger partial charge is 0.536 e. The minimum Gasteiger partial charge on any atom is -0.488 e. The lowest BCUT2D eigenvalue weighted by Crippen LogP contribution is -2.54. The van der Waals surface area contributed by atoms with Gasteiger partial charge in [0.2, 0.25) is 0 Å². The SMILES string of the molecule is CO[Si](OC)(OC)c1ccc(COc2c(C)cc(/C=C/c3ccc(/C=C/c4ccc(N(C)C)cc4)cc3)cc2C)cc1. The summed E-state index contributed by atoms with van der Waals surface area (Å²) in [6.45, 7) is 4.65. The van der Waals surface area contributed by atoms with E-state index in [1.165, 1.54) is 16.8 Å². The molecule has 0 unspecified atom stereocenters. The molecular weight excluding hydrogens is 538 g/mol. The summed E-state index contributed by atoms with van der Waals surface area (Å²) in [5, 5.41) is 0.916. The van der Waals surface area contributed by atoms with Crippen LogP contribution in [0.15, 0.2) is 84.9 Å². The van der Waals surface area contributed by atoms with Gasteiger partial charge in [0.15, 0.2) is 0 Å². The van der Waals surface area contributed by atoms with Crippen molar-refractivity contribution in [3.05, 3.63) is 124 Å². The van der Waals surface area contributed by atoms with Gasteiger partial charge in [0.05, 0.1) is 0 Å². The van der Waals surface area contributed by atoms with E-state index in [1.807, 2.05) is 24.3 Å². The molecule has 0 radical (unpaired) electrons. The van der Waals surface area contributed by atoms with Gasteiger partial charge in [-0.2, -0.15) is 0 Å². The summed E-state index contributed by atoms with van der Waals surface area (Å²) in [6.07, 6.45) is 8.58. The average Bonchev–Trinajstić information content (AvgIpc) is 3.01. The number of rotatable bonds is 12. The predicted octanol–water partition coefficient (Wildman–Crippen LogP) is 7.37. The Balaban J connectivity index is 1.36. The van der Waals surface area contributed by atoms with Gasteiger partial charge >= 0.3 is 8.80 Å². The summed E-state index contributed by atoms with van der Waals surface area (Å²) in [5.41, 5.74) is 9.13. The van der Waals surface area contributed by atoms with Crippen LogP contribution in [0.4, 0.5) is 5.69 Å². The first-order valence-corrected chi connectivity index (χ1v) is 15.7. The Morgan fingerprint density at radius 2 is 1.02 bits per heavy atom. The van der Waals surface area contributed by atoms with E-state index in [9.17, 15) is 0 Å². The van der Waals surface area contributed by atoms with Gasteiger partial charge in [0.1, 0.15) is 12.4 Å². The summed E-state index contributed by atoms with van der Waals surface area (Å²) in [4.78, 5) is 2.10. The lowest BCUT2D eigenvalue weighted by Gasteiger charge is -2.24. The van der Waals surface area contributed by atoms with Gasteiger partial charge in [-0.3, -0.25) is 0 Å². The summed E-state index contributed by atoms with van der Waals surface area (Å²) in [5.74, 6) is 0.915. The third-order valence-electron chi connectivity index (χ3n) is 7.26. The maximum atomic E-state index is 6.25. The Hall–Kier alpha value is -3.94. The second-order valence-electron chi connectivity index (χ2n) is 10.5. The predicted molar refractivity (Wildman–Crippen MR) is 178 cm³/mol. The molecule has 0 saturated heterocycles. The highest BCUT2D eigenvalue weighted by atomic mass is 28.4. The molecule has 0 aliphatic rings.